The van der Waals surface area contributed by atoms with E-state index in [0.29, 0.717) is 44.2 Å². The third kappa shape index (κ3) is 4.78. The topological polar surface area (TPSA) is 38.7 Å². The summed E-state index contributed by atoms with van der Waals surface area (Å²) < 4.78 is 60.8. The van der Waals surface area contributed by atoms with Crippen molar-refractivity contribution < 1.29 is 9.60 Å². The highest BCUT2D eigenvalue weighted by atomic mass is 32.1. The maximum atomic E-state index is 9.01. The zero-order chi connectivity index (χ0) is 34.7. The first-order valence-corrected chi connectivity index (χ1v) is 14.5. The van der Waals surface area contributed by atoms with Crippen molar-refractivity contribution in [2.75, 3.05) is 0 Å². The summed E-state index contributed by atoms with van der Waals surface area (Å²) in [4.78, 5) is 14.7. The molecule has 0 unspecified atom stereocenters. The third-order valence-electron chi connectivity index (χ3n) is 7.25. The average molecular weight is 575 g/mol. The minimum Gasteiger partial charge on any atom is -0.208 e. The van der Waals surface area contributed by atoms with Crippen molar-refractivity contribution in [2.24, 2.45) is 0 Å². The second kappa shape index (κ2) is 10.8. The third-order valence-corrected chi connectivity index (χ3v) is 8.27. The van der Waals surface area contributed by atoms with Gasteiger partial charge in [-0.25, -0.2) is 15.0 Å². The summed E-state index contributed by atoms with van der Waals surface area (Å²) in [5.74, 6) is 1.35. The zero-order valence-electron chi connectivity index (χ0n) is 29.6. The first-order chi connectivity index (χ1) is 24.2. The molecular formula is C39H25N3S. The Hall–Kier alpha value is -5.45. The number of nitrogens with zero attached hydrogens (tertiary/aromatic N) is 3. The molecule has 43 heavy (non-hydrogen) atoms. The van der Waals surface area contributed by atoms with Crippen LogP contribution < -0.4 is 0 Å². The molecule has 8 rings (SSSR count). The Morgan fingerprint density at radius 3 is 1.70 bits per heavy atom. The van der Waals surface area contributed by atoms with Crippen molar-refractivity contribution in [3.05, 3.63) is 151 Å². The van der Waals surface area contributed by atoms with Crippen LogP contribution in [0, 0.1) is 0 Å². The Balaban J connectivity index is 1.35. The number of aromatic nitrogens is 3. The lowest BCUT2D eigenvalue weighted by molar-refractivity contribution is 1.07. The van der Waals surface area contributed by atoms with E-state index in [4.69, 9.17) is 24.5 Å². The van der Waals surface area contributed by atoms with E-state index in [9.17, 15) is 0 Å². The highest BCUT2D eigenvalue weighted by Gasteiger charge is 2.15. The Labute approximate surface area is 263 Å². The van der Waals surface area contributed by atoms with Crippen LogP contribution in [0.1, 0.15) is 9.60 Å². The second-order valence-electron chi connectivity index (χ2n) is 9.96. The fourth-order valence-corrected chi connectivity index (χ4v) is 6.18. The molecule has 3 nitrogen and oxygen atoms in total. The largest absolute Gasteiger partial charge is 0.208 e. The molecule has 2 heterocycles. The number of thiophene rings is 1. The molecule has 0 aliphatic carbocycles. The predicted octanol–water partition coefficient (Wildman–Crippen LogP) is 10.6. The van der Waals surface area contributed by atoms with Crippen LogP contribution in [0.25, 0.3) is 76.6 Å². The van der Waals surface area contributed by atoms with Gasteiger partial charge in [-0.15, -0.1) is 11.3 Å². The predicted molar refractivity (Wildman–Crippen MR) is 180 cm³/mol. The van der Waals surface area contributed by atoms with Crippen molar-refractivity contribution >= 4 is 31.5 Å². The van der Waals surface area contributed by atoms with Gasteiger partial charge in [0.15, 0.2) is 17.5 Å². The maximum absolute atomic E-state index is 9.01. The standard InChI is InChI=1S/C39H25N3S/c1-3-12-26(13-4-1)28-16-9-18-30(24-28)38-40-37(27-14-5-2-6-15-27)41-39(42-38)31-19-10-17-29(25-31)32-21-11-23-35-36(32)33-20-7-8-22-34(33)43-35/h1-25H/i7D,8D,11D,20D,21D,22D,23D. The van der Waals surface area contributed by atoms with Crippen LogP contribution in [0.15, 0.2) is 151 Å². The van der Waals surface area contributed by atoms with Gasteiger partial charge in [0.1, 0.15) is 0 Å². The van der Waals surface area contributed by atoms with Gasteiger partial charge in [-0.3, -0.25) is 0 Å². The van der Waals surface area contributed by atoms with E-state index in [0.717, 1.165) is 33.6 Å². The quantitative estimate of drug-likeness (QED) is 0.205. The SMILES string of the molecule is [2H]c1c([2H])c([2H])c2c(sc3c([2H])c([2H])c([2H])c(-c4cccc(-c5nc(-c6ccccc6)nc(-c6cccc(-c7ccccc7)c6)n5)c4)c32)c1[2H]. The molecule has 202 valence electrons. The van der Waals surface area contributed by atoms with Gasteiger partial charge < -0.3 is 0 Å². The monoisotopic (exact) mass is 574 g/mol. The van der Waals surface area contributed by atoms with Crippen molar-refractivity contribution in [1.82, 2.24) is 15.0 Å². The number of rotatable bonds is 5. The van der Waals surface area contributed by atoms with Crippen molar-refractivity contribution in [3.8, 4) is 56.4 Å². The van der Waals surface area contributed by atoms with Gasteiger partial charge in [-0.2, -0.15) is 0 Å². The van der Waals surface area contributed by atoms with E-state index in [-0.39, 0.29) is 46.3 Å². The van der Waals surface area contributed by atoms with Gasteiger partial charge in [0.2, 0.25) is 0 Å². The molecule has 0 bridgehead atoms. The molecule has 0 spiro atoms. The molecule has 2 aromatic heterocycles. The Morgan fingerprint density at radius 2 is 0.977 bits per heavy atom. The van der Waals surface area contributed by atoms with Crippen LogP contribution in [-0.2, 0) is 0 Å². The van der Waals surface area contributed by atoms with Crippen LogP contribution in [0.2, 0.25) is 0 Å². The molecule has 6 aromatic carbocycles. The summed E-state index contributed by atoms with van der Waals surface area (Å²) in [5, 5.41) is 0.602. The van der Waals surface area contributed by atoms with Crippen LogP contribution >= 0.6 is 11.3 Å². The molecule has 0 aliphatic rings. The smallest absolute Gasteiger partial charge is 0.164 e. The highest BCUT2D eigenvalue weighted by molar-refractivity contribution is 7.25. The van der Waals surface area contributed by atoms with E-state index in [2.05, 4.69) is 0 Å². The van der Waals surface area contributed by atoms with Gasteiger partial charge in [0, 0.05) is 36.9 Å². The normalized spacial score (nSPS) is 13.5. The minimum absolute atomic E-state index is 0.185. The lowest BCUT2D eigenvalue weighted by atomic mass is 9.98. The molecule has 0 saturated carbocycles. The molecule has 0 aliphatic heterocycles. The summed E-state index contributed by atoms with van der Waals surface area (Å²) in [6.07, 6.45) is 0. The summed E-state index contributed by atoms with van der Waals surface area (Å²) in [6.45, 7) is 0. The van der Waals surface area contributed by atoms with Crippen LogP contribution in [0.3, 0.4) is 0 Å². The molecule has 0 saturated heterocycles. The lowest BCUT2D eigenvalue weighted by Gasteiger charge is -2.11. The number of hydrogen-bond donors (Lipinski definition) is 0. The second-order valence-corrected chi connectivity index (χ2v) is 11.0. The van der Waals surface area contributed by atoms with E-state index in [1.165, 1.54) is 0 Å². The zero-order valence-corrected chi connectivity index (χ0v) is 23.5. The number of hydrogen-bond acceptors (Lipinski definition) is 4. The fraction of sp³-hybridized carbons (Fsp3) is 0. The van der Waals surface area contributed by atoms with Gasteiger partial charge in [-0.1, -0.05) is 127 Å². The molecular weight excluding hydrogens is 543 g/mol. The van der Waals surface area contributed by atoms with Gasteiger partial charge in [0.25, 0.3) is 0 Å². The van der Waals surface area contributed by atoms with Crippen molar-refractivity contribution in [1.29, 1.82) is 0 Å². The maximum Gasteiger partial charge on any atom is 0.164 e. The summed E-state index contributed by atoms with van der Waals surface area (Å²) in [5.41, 5.74) is 5.17. The first-order valence-electron chi connectivity index (χ1n) is 17.2. The molecule has 8 aromatic rings. The van der Waals surface area contributed by atoms with Gasteiger partial charge >= 0.3 is 0 Å². The fourth-order valence-electron chi connectivity index (χ4n) is 5.21. The number of fused-ring (bicyclic) bond motifs is 3. The Bertz CT molecular complexity index is 2630. The molecule has 0 amide bonds. The first kappa shape index (κ1) is 18.9. The molecule has 0 fully saturated rings. The molecule has 0 radical (unpaired) electrons. The van der Waals surface area contributed by atoms with Crippen LogP contribution in [0.5, 0.6) is 0 Å². The highest BCUT2D eigenvalue weighted by Crippen LogP contribution is 2.40. The van der Waals surface area contributed by atoms with E-state index in [1.54, 1.807) is 12.1 Å². The van der Waals surface area contributed by atoms with E-state index < -0.39 is 6.04 Å². The van der Waals surface area contributed by atoms with Crippen LogP contribution in [0.4, 0.5) is 0 Å². The molecule has 4 heteroatoms. The van der Waals surface area contributed by atoms with E-state index >= 15 is 0 Å². The summed E-state index contributed by atoms with van der Waals surface area (Å²) in [6, 6.07) is 33.1. The van der Waals surface area contributed by atoms with E-state index in [1.807, 2.05) is 97.1 Å². The minimum atomic E-state index is -0.391. The Morgan fingerprint density at radius 1 is 0.442 bits per heavy atom. The van der Waals surface area contributed by atoms with Gasteiger partial charge in [-0.05, 0) is 46.5 Å². The summed E-state index contributed by atoms with van der Waals surface area (Å²) >= 11 is 1.05. The van der Waals surface area contributed by atoms with Crippen LogP contribution in [-0.4, -0.2) is 15.0 Å². The molecule has 0 N–H and O–H groups in total. The Kier molecular flexibility index (Phi) is 4.72. The van der Waals surface area contributed by atoms with Gasteiger partial charge in [0.05, 0.1) is 9.60 Å². The van der Waals surface area contributed by atoms with Crippen molar-refractivity contribution in [2.45, 2.75) is 0 Å². The average Bonchev–Trinajstić information content (AvgIpc) is 3.57. The molecule has 0 atom stereocenters. The number of benzene rings is 6. The lowest BCUT2D eigenvalue weighted by Crippen LogP contribution is -2.00. The van der Waals surface area contributed by atoms with Crippen molar-refractivity contribution in [3.63, 3.8) is 0 Å². The summed E-state index contributed by atoms with van der Waals surface area (Å²) in [7, 11) is 0.